The number of carbonyl (C=O) groups is 1. The van der Waals surface area contributed by atoms with Gasteiger partial charge >= 0.3 is 0 Å². The number of nitrogen functional groups attached to an aromatic ring is 1. The van der Waals surface area contributed by atoms with Crippen LogP contribution in [0.1, 0.15) is 17.3 Å². The molecule has 9 heteroatoms. The maximum atomic E-state index is 13.6. The Morgan fingerprint density at radius 3 is 2.90 bits per heavy atom. The van der Waals surface area contributed by atoms with Gasteiger partial charge in [0.2, 0.25) is 0 Å². The summed E-state index contributed by atoms with van der Waals surface area (Å²) in [7, 11) is 0. The van der Waals surface area contributed by atoms with Crippen LogP contribution in [0.3, 0.4) is 0 Å². The van der Waals surface area contributed by atoms with Crippen molar-refractivity contribution in [1.82, 2.24) is 4.90 Å². The summed E-state index contributed by atoms with van der Waals surface area (Å²) in [6.07, 6.45) is 0. The van der Waals surface area contributed by atoms with Crippen molar-refractivity contribution >= 4 is 29.0 Å². The predicted molar refractivity (Wildman–Crippen MR) is 78.7 cm³/mol. The quantitative estimate of drug-likeness (QED) is 0.499. The molecular formula is C12H15FN4O3S. The maximum Gasteiger partial charge on any atom is 0.285 e. The molecule has 1 fully saturated rings. The molecular weight excluding hydrogens is 299 g/mol. The van der Waals surface area contributed by atoms with Gasteiger partial charge in [-0.2, -0.15) is 11.8 Å². The lowest BCUT2D eigenvalue weighted by Crippen LogP contribution is -2.41. The lowest BCUT2D eigenvalue weighted by molar-refractivity contribution is -0.385. The molecule has 7 nitrogen and oxygen atoms in total. The Morgan fingerprint density at radius 2 is 2.33 bits per heavy atom. The summed E-state index contributed by atoms with van der Waals surface area (Å²) in [6.45, 7) is 2.99. The van der Waals surface area contributed by atoms with Crippen molar-refractivity contribution < 1.29 is 14.1 Å². The van der Waals surface area contributed by atoms with Gasteiger partial charge in [0.15, 0.2) is 5.82 Å². The first-order valence-corrected chi connectivity index (χ1v) is 7.34. The summed E-state index contributed by atoms with van der Waals surface area (Å²) in [6, 6.07) is 1.80. The zero-order valence-electron chi connectivity index (χ0n) is 11.3. The highest BCUT2D eigenvalue weighted by Gasteiger charge is 2.29. The van der Waals surface area contributed by atoms with Crippen molar-refractivity contribution in [2.24, 2.45) is 5.84 Å². The first-order chi connectivity index (χ1) is 9.93. The smallest absolute Gasteiger partial charge is 0.285 e. The van der Waals surface area contributed by atoms with Crippen LogP contribution in [0.5, 0.6) is 0 Å². The third-order valence-corrected chi connectivity index (χ3v) is 4.33. The first kappa shape index (κ1) is 15.5. The first-order valence-electron chi connectivity index (χ1n) is 6.29. The molecule has 0 bridgehead atoms. The van der Waals surface area contributed by atoms with Crippen LogP contribution in [0, 0.1) is 15.9 Å². The van der Waals surface area contributed by atoms with Gasteiger partial charge in [-0.1, -0.05) is 6.92 Å². The Kier molecular flexibility index (Phi) is 4.63. The number of rotatable bonds is 3. The molecule has 1 heterocycles. The summed E-state index contributed by atoms with van der Waals surface area (Å²) in [5.41, 5.74) is 1.23. The minimum atomic E-state index is -0.872. The number of nitrogens with two attached hydrogens (primary N) is 1. The highest BCUT2D eigenvalue weighted by molar-refractivity contribution is 7.99. The molecule has 114 valence electrons. The van der Waals surface area contributed by atoms with Gasteiger partial charge in [0, 0.05) is 24.1 Å². The molecule has 1 atom stereocenters. The Labute approximate surface area is 124 Å². The topological polar surface area (TPSA) is 102 Å². The number of nitro groups is 1. The van der Waals surface area contributed by atoms with Crippen LogP contribution >= 0.6 is 11.8 Å². The lowest BCUT2D eigenvalue weighted by Gasteiger charge is -2.30. The Hall–Kier alpha value is -1.87. The van der Waals surface area contributed by atoms with E-state index in [0.717, 1.165) is 11.8 Å². The summed E-state index contributed by atoms with van der Waals surface area (Å²) >= 11 is 1.73. The van der Waals surface area contributed by atoms with Gasteiger partial charge in [0.25, 0.3) is 11.6 Å². The summed E-state index contributed by atoms with van der Waals surface area (Å²) < 4.78 is 13.6. The third-order valence-electron chi connectivity index (χ3n) is 3.20. The number of hydrogen-bond acceptors (Lipinski definition) is 6. The van der Waals surface area contributed by atoms with Crippen LogP contribution in [-0.4, -0.2) is 39.8 Å². The van der Waals surface area contributed by atoms with E-state index in [-0.39, 0.29) is 16.5 Å². The second kappa shape index (κ2) is 6.27. The fourth-order valence-electron chi connectivity index (χ4n) is 2.17. The van der Waals surface area contributed by atoms with Crippen molar-refractivity contribution in [3.8, 4) is 0 Å². The minimum Gasteiger partial charge on any atom is -0.336 e. The molecule has 1 aliphatic rings. The molecule has 1 unspecified atom stereocenters. The zero-order chi connectivity index (χ0) is 15.6. The number of nitro benzene ring substituents is 1. The molecule has 0 aromatic heterocycles. The number of carbonyl (C=O) groups excluding carboxylic acids is 1. The molecule has 1 aromatic carbocycles. The highest BCUT2D eigenvalue weighted by Crippen LogP contribution is 2.28. The number of benzene rings is 1. The Morgan fingerprint density at radius 1 is 1.62 bits per heavy atom. The number of halogens is 1. The lowest BCUT2D eigenvalue weighted by atomic mass is 10.1. The van der Waals surface area contributed by atoms with Gasteiger partial charge in [-0.15, -0.1) is 0 Å². The van der Waals surface area contributed by atoms with E-state index in [1.165, 1.54) is 0 Å². The van der Waals surface area contributed by atoms with Crippen molar-refractivity contribution in [2.45, 2.75) is 12.2 Å². The van der Waals surface area contributed by atoms with Gasteiger partial charge in [0.05, 0.1) is 16.7 Å². The van der Waals surface area contributed by atoms with E-state index in [1.54, 1.807) is 16.7 Å². The summed E-state index contributed by atoms with van der Waals surface area (Å²) in [4.78, 5) is 24.3. The molecule has 0 saturated carbocycles. The van der Waals surface area contributed by atoms with Gasteiger partial charge < -0.3 is 10.3 Å². The van der Waals surface area contributed by atoms with Gasteiger partial charge in [-0.05, 0) is 6.07 Å². The largest absolute Gasteiger partial charge is 0.336 e. The van der Waals surface area contributed by atoms with E-state index in [1.807, 2.05) is 6.92 Å². The summed E-state index contributed by atoms with van der Waals surface area (Å²) in [5.74, 6) is 4.57. The van der Waals surface area contributed by atoms with Crippen LogP contribution in [0.25, 0.3) is 0 Å². The number of nitrogens with one attached hydrogen (secondary N) is 1. The maximum absolute atomic E-state index is 13.6. The van der Waals surface area contributed by atoms with Crippen LogP contribution in [0.15, 0.2) is 12.1 Å². The standard InChI is InChI=1S/C12H15FN4O3S/c1-7-6-16(2-3-21-7)12(18)8-4-10(15-14)9(13)5-11(8)17(19)20/h4-5,7,15H,2-3,6,14H2,1H3. The third kappa shape index (κ3) is 3.24. The number of nitrogens with zero attached hydrogens (tertiary/aromatic N) is 2. The van der Waals surface area contributed by atoms with E-state index in [2.05, 4.69) is 5.43 Å². The monoisotopic (exact) mass is 314 g/mol. The fourth-order valence-corrected chi connectivity index (χ4v) is 3.18. The molecule has 3 N–H and O–H groups in total. The molecule has 1 amide bonds. The van der Waals surface area contributed by atoms with Crippen LogP contribution in [0.4, 0.5) is 15.8 Å². The van der Waals surface area contributed by atoms with Crippen LogP contribution in [0.2, 0.25) is 0 Å². The van der Waals surface area contributed by atoms with Gasteiger partial charge in [-0.3, -0.25) is 20.8 Å². The van der Waals surface area contributed by atoms with E-state index in [0.29, 0.717) is 19.2 Å². The average Bonchev–Trinajstić information content (AvgIpc) is 2.46. The second-order valence-corrected chi connectivity index (χ2v) is 6.23. The molecule has 21 heavy (non-hydrogen) atoms. The molecule has 2 rings (SSSR count). The van der Waals surface area contributed by atoms with Crippen LogP contribution < -0.4 is 11.3 Å². The van der Waals surface area contributed by atoms with Crippen molar-refractivity contribution in [2.75, 3.05) is 24.3 Å². The average molecular weight is 314 g/mol. The van der Waals surface area contributed by atoms with E-state index in [4.69, 9.17) is 5.84 Å². The second-order valence-electron chi connectivity index (χ2n) is 4.68. The normalized spacial score (nSPS) is 18.4. The van der Waals surface area contributed by atoms with Crippen LogP contribution in [-0.2, 0) is 0 Å². The SMILES string of the molecule is CC1CN(C(=O)c2cc(NN)c(F)cc2[N+](=O)[O-])CCS1. The predicted octanol–water partition coefficient (Wildman–Crippen LogP) is 1.60. The molecule has 0 radical (unpaired) electrons. The number of hydrazine groups is 1. The number of hydrogen-bond donors (Lipinski definition) is 2. The van der Waals surface area contributed by atoms with E-state index >= 15 is 0 Å². The molecule has 1 saturated heterocycles. The van der Waals surface area contributed by atoms with Crippen molar-refractivity contribution in [3.05, 3.63) is 33.6 Å². The number of amides is 1. The minimum absolute atomic E-state index is 0.150. The molecule has 1 aliphatic heterocycles. The van der Waals surface area contributed by atoms with E-state index < -0.39 is 22.3 Å². The molecule has 1 aromatic rings. The van der Waals surface area contributed by atoms with Crippen molar-refractivity contribution in [3.63, 3.8) is 0 Å². The van der Waals surface area contributed by atoms with Gasteiger partial charge in [-0.25, -0.2) is 4.39 Å². The Bertz CT molecular complexity index is 584. The summed E-state index contributed by atoms with van der Waals surface area (Å²) in [5, 5.41) is 11.3. The van der Waals surface area contributed by atoms with E-state index in [9.17, 15) is 19.3 Å². The number of anilines is 1. The molecule has 0 aliphatic carbocycles. The highest BCUT2D eigenvalue weighted by atomic mass is 32.2. The zero-order valence-corrected chi connectivity index (χ0v) is 12.2. The number of thioether (sulfide) groups is 1. The fraction of sp³-hybridized carbons (Fsp3) is 0.417. The molecule has 0 spiro atoms. The van der Waals surface area contributed by atoms with Crippen molar-refractivity contribution in [1.29, 1.82) is 0 Å². The Balaban J connectivity index is 2.40. The van der Waals surface area contributed by atoms with Gasteiger partial charge in [0.1, 0.15) is 5.56 Å².